The Bertz CT molecular complexity index is 397. The monoisotopic (exact) mass is 311 g/mol. The number of hydrogen-bond acceptors (Lipinski definition) is 2. The van der Waals surface area contributed by atoms with Gasteiger partial charge in [-0.05, 0) is 43.2 Å². The third-order valence-electron chi connectivity index (χ3n) is 3.66. The molecule has 1 aromatic carbocycles. The second-order valence-corrected chi connectivity index (χ2v) is 6.55. The minimum atomic E-state index is 0.586. The van der Waals surface area contributed by atoms with Crippen molar-refractivity contribution in [2.45, 2.75) is 39.2 Å². The van der Waals surface area contributed by atoms with Gasteiger partial charge in [0.15, 0.2) is 0 Å². The highest BCUT2D eigenvalue weighted by molar-refractivity contribution is 9.10. The van der Waals surface area contributed by atoms with Crippen molar-refractivity contribution in [1.29, 1.82) is 0 Å². The summed E-state index contributed by atoms with van der Waals surface area (Å²) in [6.07, 6.45) is 3.89. The second-order valence-electron chi connectivity index (χ2n) is 5.64. The fourth-order valence-electron chi connectivity index (χ4n) is 3.06. The summed E-state index contributed by atoms with van der Waals surface area (Å²) in [6, 6.07) is 6.75. The lowest BCUT2D eigenvalue weighted by Gasteiger charge is -2.32. The Morgan fingerprint density at radius 2 is 1.78 bits per heavy atom. The number of ether oxygens (including phenoxy) is 1. The van der Waals surface area contributed by atoms with Crippen LogP contribution in [0.1, 0.15) is 33.1 Å². The highest BCUT2D eigenvalue weighted by atomic mass is 79.9. The maximum absolute atomic E-state index is 5.30. The van der Waals surface area contributed by atoms with Gasteiger partial charge < -0.3 is 10.1 Å². The lowest BCUT2D eigenvalue weighted by Crippen LogP contribution is -2.30. The van der Waals surface area contributed by atoms with Crippen LogP contribution in [-0.4, -0.2) is 13.2 Å². The quantitative estimate of drug-likeness (QED) is 0.874. The molecule has 0 heterocycles. The molecule has 0 saturated heterocycles. The molecule has 2 rings (SSSR count). The van der Waals surface area contributed by atoms with Gasteiger partial charge in [-0.3, -0.25) is 0 Å². The lowest BCUT2D eigenvalue weighted by atomic mass is 9.80. The summed E-state index contributed by atoms with van der Waals surface area (Å²) < 4.78 is 6.35. The average Bonchev–Trinajstić information content (AvgIpc) is 2.26. The number of anilines is 1. The molecule has 1 saturated carbocycles. The molecule has 1 aliphatic rings. The number of nitrogens with one attached hydrogen (secondary N) is 1. The van der Waals surface area contributed by atoms with Gasteiger partial charge in [0.2, 0.25) is 0 Å². The van der Waals surface area contributed by atoms with Gasteiger partial charge in [0.05, 0.1) is 7.11 Å². The maximum atomic E-state index is 5.30. The van der Waals surface area contributed by atoms with E-state index in [2.05, 4.69) is 47.2 Å². The maximum Gasteiger partial charge on any atom is 0.122 e. The van der Waals surface area contributed by atoms with E-state index in [1.165, 1.54) is 19.3 Å². The Morgan fingerprint density at radius 1 is 1.11 bits per heavy atom. The van der Waals surface area contributed by atoms with E-state index < -0.39 is 0 Å². The van der Waals surface area contributed by atoms with Gasteiger partial charge in [-0.15, -0.1) is 0 Å². The van der Waals surface area contributed by atoms with Gasteiger partial charge in [-0.1, -0.05) is 29.8 Å². The van der Waals surface area contributed by atoms with Crippen LogP contribution in [0.4, 0.5) is 5.69 Å². The van der Waals surface area contributed by atoms with E-state index in [1.807, 2.05) is 6.07 Å². The lowest BCUT2D eigenvalue weighted by molar-refractivity contribution is 0.281. The van der Waals surface area contributed by atoms with E-state index in [-0.39, 0.29) is 0 Å². The molecule has 2 unspecified atom stereocenters. The van der Waals surface area contributed by atoms with E-state index in [9.17, 15) is 0 Å². The van der Waals surface area contributed by atoms with Crippen molar-refractivity contribution >= 4 is 21.6 Å². The van der Waals surface area contributed by atoms with Crippen LogP contribution in [0.15, 0.2) is 22.7 Å². The third kappa shape index (κ3) is 3.64. The third-order valence-corrected chi connectivity index (χ3v) is 4.11. The second kappa shape index (κ2) is 5.96. The molecule has 18 heavy (non-hydrogen) atoms. The Balaban J connectivity index is 2.06. The van der Waals surface area contributed by atoms with Gasteiger partial charge in [0.25, 0.3) is 0 Å². The minimum absolute atomic E-state index is 0.586. The zero-order chi connectivity index (χ0) is 13.1. The van der Waals surface area contributed by atoms with Gasteiger partial charge >= 0.3 is 0 Å². The van der Waals surface area contributed by atoms with E-state index in [4.69, 9.17) is 4.74 Å². The molecule has 2 atom stereocenters. The molecule has 100 valence electrons. The first kappa shape index (κ1) is 13.7. The van der Waals surface area contributed by atoms with Crippen LogP contribution in [-0.2, 0) is 0 Å². The van der Waals surface area contributed by atoms with Gasteiger partial charge in [-0.25, -0.2) is 0 Å². The topological polar surface area (TPSA) is 21.3 Å². The molecular formula is C15H22BrNO. The summed E-state index contributed by atoms with van der Waals surface area (Å²) in [7, 11) is 1.70. The van der Waals surface area contributed by atoms with Gasteiger partial charge in [0.1, 0.15) is 5.75 Å². The highest BCUT2D eigenvalue weighted by Gasteiger charge is 2.23. The largest absolute Gasteiger partial charge is 0.497 e. The molecule has 0 radical (unpaired) electrons. The van der Waals surface area contributed by atoms with Crippen molar-refractivity contribution < 1.29 is 4.74 Å². The van der Waals surface area contributed by atoms with Crippen molar-refractivity contribution in [3.05, 3.63) is 22.7 Å². The highest BCUT2D eigenvalue weighted by Crippen LogP contribution is 2.32. The summed E-state index contributed by atoms with van der Waals surface area (Å²) in [4.78, 5) is 0. The molecule has 0 aliphatic heterocycles. The molecular weight excluding hydrogens is 290 g/mol. The predicted molar refractivity (Wildman–Crippen MR) is 80.3 cm³/mol. The molecule has 1 fully saturated rings. The summed E-state index contributed by atoms with van der Waals surface area (Å²) in [6.45, 7) is 4.71. The smallest absolute Gasteiger partial charge is 0.122 e. The van der Waals surface area contributed by atoms with E-state index in [0.717, 1.165) is 27.7 Å². The first-order valence-corrected chi connectivity index (χ1v) is 7.47. The van der Waals surface area contributed by atoms with E-state index >= 15 is 0 Å². The summed E-state index contributed by atoms with van der Waals surface area (Å²) in [5.74, 6) is 2.53. The standard InChI is InChI=1S/C15H22BrNO/c1-10-4-11(2)6-13(5-10)17-14-7-12(16)8-15(9-14)18-3/h7-11,13,17H,4-6H2,1-3H3. The Morgan fingerprint density at radius 3 is 2.39 bits per heavy atom. The minimum Gasteiger partial charge on any atom is -0.497 e. The van der Waals surface area contributed by atoms with Crippen molar-refractivity contribution in [2.24, 2.45) is 11.8 Å². The van der Waals surface area contributed by atoms with E-state index in [0.29, 0.717) is 6.04 Å². The van der Waals surface area contributed by atoms with Crippen molar-refractivity contribution in [2.75, 3.05) is 12.4 Å². The van der Waals surface area contributed by atoms with Crippen LogP contribution < -0.4 is 10.1 Å². The first-order valence-electron chi connectivity index (χ1n) is 6.68. The molecule has 1 N–H and O–H groups in total. The molecule has 1 aliphatic carbocycles. The number of benzene rings is 1. The molecule has 0 bridgehead atoms. The fourth-order valence-corrected chi connectivity index (χ4v) is 3.54. The summed E-state index contributed by atoms with van der Waals surface area (Å²) in [5, 5.41) is 3.65. The van der Waals surface area contributed by atoms with Crippen LogP contribution in [0.2, 0.25) is 0 Å². The van der Waals surface area contributed by atoms with E-state index in [1.54, 1.807) is 7.11 Å². The fraction of sp³-hybridized carbons (Fsp3) is 0.600. The van der Waals surface area contributed by atoms with Crippen LogP contribution in [0.25, 0.3) is 0 Å². The van der Waals surface area contributed by atoms with Crippen LogP contribution >= 0.6 is 15.9 Å². The SMILES string of the molecule is COc1cc(Br)cc(NC2CC(C)CC(C)C2)c1. The average molecular weight is 312 g/mol. The predicted octanol–water partition coefficient (Wildman–Crippen LogP) is 4.69. The molecule has 3 heteroatoms. The van der Waals surface area contributed by atoms with Crippen molar-refractivity contribution in [3.8, 4) is 5.75 Å². The zero-order valence-corrected chi connectivity index (χ0v) is 13.0. The number of methoxy groups -OCH3 is 1. The zero-order valence-electron chi connectivity index (χ0n) is 11.4. The normalized spacial score (nSPS) is 27.9. The number of hydrogen-bond donors (Lipinski definition) is 1. The van der Waals surface area contributed by atoms with Gasteiger partial charge in [-0.2, -0.15) is 0 Å². The summed E-state index contributed by atoms with van der Waals surface area (Å²) >= 11 is 3.52. The van der Waals surface area contributed by atoms with Crippen molar-refractivity contribution in [3.63, 3.8) is 0 Å². The Kier molecular flexibility index (Phi) is 4.55. The molecule has 0 spiro atoms. The number of rotatable bonds is 3. The van der Waals surface area contributed by atoms with Crippen LogP contribution in [0.3, 0.4) is 0 Å². The molecule has 0 aromatic heterocycles. The Hall–Kier alpha value is -0.700. The number of halogens is 1. The molecule has 1 aromatic rings. The molecule has 2 nitrogen and oxygen atoms in total. The molecule has 0 amide bonds. The van der Waals surface area contributed by atoms with Crippen LogP contribution in [0.5, 0.6) is 5.75 Å². The van der Waals surface area contributed by atoms with Crippen molar-refractivity contribution in [1.82, 2.24) is 0 Å². The Labute approximate surface area is 118 Å². The summed E-state index contributed by atoms with van der Waals surface area (Å²) in [5.41, 5.74) is 1.15. The first-order chi connectivity index (χ1) is 8.56. The van der Waals surface area contributed by atoms with Crippen LogP contribution in [0, 0.1) is 11.8 Å². The van der Waals surface area contributed by atoms with Gasteiger partial charge in [0, 0.05) is 22.3 Å².